The number of nitrogens with zero attached hydrogens (tertiary/aromatic N) is 3. The molecule has 5 aromatic rings. The summed E-state index contributed by atoms with van der Waals surface area (Å²) in [6.45, 7) is 0. The second kappa shape index (κ2) is 11.9. The maximum absolute atomic E-state index is 13.7. The molecule has 10 nitrogen and oxygen atoms in total. The van der Waals surface area contributed by atoms with Gasteiger partial charge in [-0.1, -0.05) is 42.1 Å². The van der Waals surface area contributed by atoms with E-state index in [1.807, 2.05) is 18.2 Å². The Kier molecular flexibility index (Phi) is 7.97. The molecule has 1 aromatic heterocycles. The van der Waals surface area contributed by atoms with Crippen LogP contribution < -0.4 is 20.3 Å². The quantitative estimate of drug-likeness (QED) is 0.102. The molecule has 0 saturated heterocycles. The Morgan fingerprint density at radius 3 is 2.46 bits per heavy atom. The third-order valence-electron chi connectivity index (χ3n) is 6.25. The highest BCUT2D eigenvalue weighted by Crippen LogP contribution is 2.30. The van der Waals surface area contributed by atoms with Crippen molar-refractivity contribution < 1.29 is 19.2 Å². The number of hydrogen-bond acceptors (Lipinski definition) is 8. The molecule has 0 aliphatic heterocycles. The molecular formula is C30H24N4O6S. The molecule has 1 N–H and O–H groups in total. The zero-order chi connectivity index (χ0) is 28.9. The van der Waals surface area contributed by atoms with Gasteiger partial charge in [0.25, 0.3) is 17.2 Å². The van der Waals surface area contributed by atoms with Crippen molar-refractivity contribution in [1.29, 1.82) is 0 Å². The van der Waals surface area contributed by atoms with Crippen LogP contribution in [-0.2, 0) is 5.75 Å². The molecule has 5 rings (SSSR count). The fourth-order valence-electron chi connectivity index (χ4n) is 4.23. The first kappa shape index (κ1) is 27.4. The number of thioether (sulfide) groups is 1. The predicted octanol–water partition coefficient (Wildman–Crippen LogP) is 5.86. The van der Waals surface area contributed by atoms with E-state index in [9.17, 15) is 19.7 Å². The molecule has 0 radical (unpaired) electrons. The summed E-state index contributed by atoms with van der Waals surface area (Å²) in [4.78, 5) is 42.3. The average molecular weight is 569 g/mol. The summed E-state index contributed by atoms with van der Waals surface area (Å²) in [6.07, 6.45) is 0. The second-order valence-electron chi connectivity index (χ2n) is 8.84. The number of nitro groups is 1. The third-order valence-corrected chi connectivity index (χ3v) is 7.26. The number of amides is 1. The Morgan fingerprint density at radius 1 is 0.951 bits per heavy atom. The number of para-hydroxylation sites is 1. The summed E-state index contributed by atoms with van der Waals surface area (Å²) in [6, 6.07) is 25.2. The van der Waals surface area contributed by atoms with Crippen LogP contribution in [0.4, 0.5) is 11.4 Å². The van der Waals surface area contributed by atoms with Crippen LogP contribution in [0.15, 0.2) is 101 Å². The van der Waals surface area contributed by atoms with Gasteiger partial charge >= 0.3 is 0 Å². The highest BCUT2D eigenvalue weighted by atomic mass is 32.2. The smallest absolute Gasteiger partial charge is 0.269 e. The van der Waals surface area contributed by atoms with Crippen LogP contribution in [0.1, 0.15) is 15.9 Å². The standard InChI is InChI=1S/C30H24N4O6S/c1-39-26-14-12-21(17-27(26)40-2)31-28(35)20-11-13-24-25(16-20)32-30(33(29(24)36)22-8-4-3-5-9-22)41-18-19-7-6-10-23(15-19)34(37)38/h3-17H,18H2,1-2H3,(H,31,35). The molecule has 0 unspecified atom stereocenters. The summed E-state index contributed by atoms with van der Waals surface area (Å²) < 4.78 is 12.1. The zero-order valence-electron chi connectivity index (χ0n) is 22.1. The summed E-state index contributed by atoms with van der Waals surface area (Å²) in [5, 5.41) is 14.8. The normalized spacial score (nSPS) is 10.8. The molecule has 0 bridgehead atoms. The van der Waals surface area contributed by atoms with Crippen molar-refractivity contribution >= 4 is 39.9 Å². The molecule has 0 aliphatic carbocycles. The number of nitro benzene ring substituents is 1. The number of ether oxygens (including phenoxy) is 2. The van der Waals surface area contributed by atoms with Gasteiger partial charge in [-0.15, -0.1) is 0 Å². The lowest BCUT2D eigenvalue weighted by Gasteiger charge is -2.14. The van der Waals surface area contributed by atoms with Crippen molar-refractivity contribution in [3.8, 4) is 17.2 Å². The van der Waals surface area contributed by atoms with Crippen molar-refractivity contribution in [2.45, 2.75) is 10.9 Å². The molecule has 0 fully saturated rings. The predicted molar refractivity (Wildman–Crippen MR) is 157 cm³/mol. The number of benzene rings is 4. The van der Waals surface area contributed by atoms with Gasteiger partial charge in [0.2, 0.25) is 0 Å². The minimum absolute atomic E-state index is 0.0137. The van der Waals surface area contributed by atoms with Gasteiger partial charge in [-0.05, 0) is 48.0 Å². The van der Waals surface area contributed by atoms with Crippen LogP contribution in [0.25, 0.3) is 16.6 Å². The van der Waals surface area contributed by atoms with Gasteiger partial charge in [-0.3, -0.25) is 24.3 Å². The van der Waals surface area contributed by atoms with Crippen LogP contribution in [-0.4, -0.2) is 34.6 Å². The van der Waals surface area contributed by atoms with Crippen molar-refractivity contribution in [1.82, 2.24) is 9.55 Å². The number of carbonyl (C=O) groups is 1. The maximum atomic E-state index is 13.7. The number of carbonyl (C=O) groups excluding carboxylic acids is 1. The molecule has 0 atom stereocenters. The Labute approximate surface area is 238 Å². The number of fused-ring (bicyclic) bond motifs is 1. The minimum Gasteiger partial charge on any atom is -0.493 e. The number of anilines is 1. The summed E-state index contributed by atoms with van der Waals surface area (Å²) in [5.74, 6) is 0.952. The van der Waals surface area contributed by atoms with Gasteiger partial charge in [-0.2, -0.15) is 0 Å². The van der Waals surface area contributed by atoms with E-state index < -0.39 is 4.92 Å². The molecule has 11 heteroatoms. The first-order valence-electron chi connectivity index (χ1n) is 12.4. The highest BCUT2D eigenvalue weighted by Gasteiger charge is 2.17. The Morgan fingerprint density at radius 2 is 1.73 bits per heavy atom. The van der Waals surface area contributed by atoms with Crippen molar-refractivity contribution in [2.75, 3.05) is 19.5 Å². The van der Waals surface area contributed by atoms with Gasteiger partial charge in [0.1, 0.15) is 0 Å². The Bertz CT molecular complexity index is 1820. The van der Waals surface area contributed by atoms with Crippen LogP contribution in [0.5, 0.6) is 11.5 Å². The molecule has 1 heterocycles. The summed E-state index contributed by atoms with van der Waals surface area (Å²) >= 11 is 1.27. The third kappa shape index (κ3) is 5.89. The van der Waals surface area contributed by atoms with Gasteiger partial charge in [-0.25, -0.2) is 4.98 Å². The monoisotopic (exact) mass is 568 g/mol. The van der Waals surface area contributed by atoms with Crippen LogP contribution in [0.2, 0.25) is 0 Å². The Balaban J connectivity index is 1.51. The molecule has 0 saturated carbocycles. The lowest BCUT2D eigenvalue weighted by atomic mass is 10.1. The van der Waals surface area contributed by atoms with E-state index in [0.717, 1.165) is 0 Å². The van der Waals surface area contributed by atoms with Crippen molar-refractivity contribution in [3.63, 3.8) is 0 Å². The highest BCUT2D eigenvalue weighted by molar-refractivity contribution is 7.98. The van der Waals surface area contributed by atoms with E-state index in [1.165, 1.54) is 42.7 Å². The lowest BCUT2D eigenvalue weighted by Crippen LogP contribution is -2.22. The first-order chi connectivity index (χ1) is 19.9. The second-order valence-corrected chi connectivity index (χ2v) is 9.78. The fourth-order valence-corrected chi connectivity index (χ4v) is 5.19. The van der Waals surface area contributed by atoms with E-state index in [4.69, 9.17) is 14.5 Å². The lowest BCUT2D eigenvalue weighted by molar-refractivity contribution is -0.384. The number of rotatable bonds is 9. The maximum Gasteiger partial charge on any atom is 0.269 e. The summed E-state index contributed by atoms with van der Waals surface area (Å²) in [5.41, 5.74) is 2.20. The van der Waals surface area contributed by atoms with Gasteiger partial charge < -0.3 is 14.8 Å². The topological polar surface area (TPSA) is 126 Å². The van der Waals surface area contributed by atoms with E-state index in [0.29, 0.717) is 55.8 Å². The van der Waals surface area contributed by atoms with E-state index in [2.05, 4.69) is 5.32 Å². The first-order valence-corrected chi connectivity index (χ1v) is 13.4. The average Bonchev–Trinajstić information content (AvgIpc) is 3.00. The van der Waals surface area contributed by atoms with Gasteiger partial charge in [0, 0.05) is 35.2 Å². The largest absolute Gasteiger partial charge is 0.493 e. The Hall–Kier alpha value is -5.16. The number of hydrogen-bond donors (Lipinski definition) is 1. The summed E-state index contributed by atoms with van der Waals surface area (Å²) in [7, 11) is 3.04. The van der Waals surface area contributed by atoms with E-state index in [-0.39, 0.29) is 17.2 Å². The SMILES string of the molecule is COc1ccc(NC(=O)c2ccc3c(=O)n(-c4ccccc4)c(SCc4cccc([N+](=O)[O-])c4)nc3c2)cc1OC. The van der Waals surface area contributed by atoms with Crippen LogP contribution >= 0.6 is 11.8 Å². The molecule has 41 heavy (non-hydrogen) atoms. The zero-order valence-corrected chi connectivity index (χ0v) is 22.9. The number of non-ortho nitro benzene ring substituents is 1. The van der Waals surface area contributed by atoms with Crippen molar-refractivity contribution in [2.24, 2.45) is 0 Å². The molecule has 0 spiro atoms. The number of methoxy groups -OCH3 is 2. The van der Waals surface area contributed by atoms with Crippen LogP contribution in [0.3, 0.4) is 0 Å². The molecule has 1 amide bonds. The van der Waals surface area contributed by atoms with Crippen LogP contribution in [0, 0.1) is 10.1 Å². The molecule has 0 aliphatic rings. The fraction of sp³-hybridized carbons (Fsp3) is 0.100. The van der Waals surface area contributed by atoms with E-state index >= 15 is 0 Å². The molecule has 206 valence electrons. The minimum atomic E-state index is -0.447. The van der Waals surface area contributed by atoms with Gasteiger partial charge in [0.15, 0.2) is 16.7 Å². The number of nitrogens with one attached hydrogen (secondary N) is 1. The number of aromatic nitrogens is 2. The molecular weight excluding hydrogens is 544 g/mol. The van der Waals surface area contributed by atoms with E-state index in [1.54, 1.807) is 60.7 Å². The van der Waals surface area contributed by atoms with Crippen molar-refractivity contribution in [3.05, 3.63) is 123 Å². The van der Waals surface area contributed by atoms with Gasteiger partial charge in [0.05, 0.1) is 35.7 Å². The molecule has 4 aromatic carbocycles.